The molecule has 7 nitrogen and oxygen atoms in total. The van der Waals surface area contributed by atoms with Crippen molar-refractivity contribution in [1.82, 2.24) is 10.2 Å². The van der Waals surface area contributed by atoms with Gasteiger partial charge in [0.1, 0.15) is 18.0 Å². The summed E-state index contributed by atoms with van der Waals surface area (Å²) in [6.45, 7) is 3.52. The molecule has 2 aromatic rings. The molecular weight excluding hydrogens is 441 g/mol. The van der Waals surface area contributed by atoms with E-state index in [1.54, 1.807) is 42.5 Å². The highest BCUT2D eigenvalue weighted by Crippen LogP contribution is 2.28. The molecule has 1 fully saturated rings. The summed E-state index contributed by atoms with van der Waals surface area (Å²) in [6, 6.07) is 10.9. The number of hydrogen-bond donors (Lipinski definition) is 2. The lowest BCUT2D eigenvalue weighted by atomic mass is 10.1. The maximum absolute atomic E-state index is 12.6. The number of nitrogens with zero attached hydrogens (tertiary/aromatic N) is 1. The van der Waals surface area contributed by atoms with Gasteiger partial charge in [-0.2, -0.15) is 0 Å². The predicted octanol–water partition coefficient (Wildman–Crippen LogP) is 4.70. The highest BCUT2D eigenvalue weighted by Gasteiger charge is 2.34. The summed E-state index contributed by atoms with van der Waals surface area (Å²) in [5, 5.41) is 6.02. The second kappa shape index (κ2) is 9.85. The van der Waals surface area contributed by atoms with Crippen LogP contribution >= 0.6 is 23.2 Å². The van der Waals surface area contributed by atoms with E-state index in [4.69, 9.17) is 27.9 Å². The molecule has 1 saturated heterocycles. The lowest BCUT2D eigenvalue weighted by Gasteiger charge is -2.14. The third-order valence-electron chi connectivity index (χ3n) is 4.56. The third kappa shape index (κ3) is 5.77. The molecule has 4 amide bonds. The van der Waals surface area contributed by atoms with Gasteiger partial charge in [-0.1, -0.05) is 36.2 Å². The SMILES string of the molecule is CC[C@@H](C)Oc1ccc(/C=C2/NC(=O)N(CC(=O)Nc3ccc(Cl)cc3)C2=O)cc1Cl. The number of urea groups is 1. The zero-order chi connectivity index (χ0) is 22.5. The van der Waals surface area contributed by atoms with Gasteiger partial charge in [-0.25, -0.2) is 9.69 Å². The first kappa shape index (κ1) is 22.7. The van der Waals surface area contributed by atoms with E-state index in [0.717, 1.165) is 11.3 Å². The van der Waals surface area contributed by atoms with Crippen LogP contribution in [0.1, 0.15) is 25.8 Å². The Balaban J connectivity index is 1.67. The number of benzene rings is 2. The average Bonchev–Trinajstić information content (AvgIpc) is 2.99. The van der Waals surface area contributed by atoms with Crippen LogP contribution in [0.5, 0.6) is 5.75 Å². The van der Waals surface area contributed by atoms with Gasteiger partial charge in [0.25, 0.3) is 5.91 Å². The topological polar surface area (TPSA) is 87.7 Å². The molecule has 2 N–H and O–H groups in total. The highest BCUT2D eigenvalue weighted by molar-refractivity contribution is 6.32. The van der Waals surface area contributed by atoms with E-state index < -0.39 is 24.4 Å². The predicted molar refractivity (Wildman–Crippen MR) is 120 cm³/mol. The standard InChI is InChI=1S/C22H21Cl2N3O4/c1-3-13(2)31-19-9-4-14(10-17(19)24)11-18-21(29)27(22(30)26-18)12-20(28)25-16-7-5-15(23)6-8-16/h4-11,13H,3,12H2,1-2H3,(H,25,28)(H,26,30)/b18-11+/t13-/m1/s1. The van der Waals surface area contributed by atoms with E-state index in [9.17, 15) is 14.4 Å². The zero-order valence-corrected chi connectivity index (χ0v) is 18.5. The molecule has 1 atom stereocenters. The van der Waals surface area contributed by atoms with Crippen molar-refractivity contribution in [2.75, 3.05) is 11.9 Å². The number of nitrogens with one attached hydrogen (secondary N) is 2. The fourth-order valence-electron chi connectivity index (χ4n) is 2.76. The van der Waals surface area contributed by atoms with Crippen LogP contribution in [0.4, 0.5) is 10.5 Å². The largest absolute Gasteiger partial charge is 0.489 e. The van der Waals surface area contributed by atoms with E-state index in [1.807, 2.05) is 13.8 Å². The number of rotatable bonds is 7. The number of anilines is 1. The minimum atomic E-state index is -0.676. The van der Waals surface area contributed by atoms with E-state index in [-0.39, 0.29) is 11.8 Å². The van der Waals surface area contributed by atoms with Crippen molar-refractivity contribution < 1.29 is 19.1 Å². The molecule has 3 rings (SSSR count). The fraction of sp³-hybridized carbons (Fsp3) is 0.227. The monoisotopic (exact) mass is 461 g/mol. The fourth-order valence-corrected chi connectivity index (χ4v) is 3.12. The Morgan fingerprint density at radius 2 is 1.90 bits per heavy atom. The first-order chi connectivity index (χ1) is 14.8. The Morgan fingerprint density at radius 1 is 1.19 bits per heavy atom. The van der Waals surface area contributed by atoms with Crippen molar-refractivity contribution in [3.05, 3.63) is 63.8 Å². The van der Waals surface area contributed by atoms with Gasteiger partial charge in [-0.05, 0) is 61.4 Å². The smallest absolute Gasteiger partial charge is 0.329 e. The minimum Gasteiger partial charge on any atom is -0.489 e. The number of carbonyl (C=O) groups is 3. The molecule has 162 valence electrons. The summed E-state index contributed by atoms with van der Waals surface area (Å²) in [5.74, 6) is -0.575. The van der Waals surface area contributed by atoms with Crippen LogP contribution in [0.25, 0.3) is 6.08 Å². The molecular formula is C22H21Cl2N3O4. The van der Waals surface area contributed by atoms with E-state index in [0.29, 0.717) is 27.0 Å². The Labute approximate surface area is 190 Å². The van der Waals surface area contributed by atoms with E-state index >= 15 is 0 Å². The molecule has 1 aliphatic rings. The summed E-state index contributed by atoms with van der Waals surface area (Å²) < 4.78 is 5.72. The lowest BCUT2D eigenvalue weighted by Crippen LogP contribution is -2.38. The zero-order valence-electron chi connectivity index (χ0n) is 16.9. The number of ether oxygens (including phenoxy) is 1. The number of carbonyl (C=O) groups excluding carboxylic acids is 3. The van der Waals surface area contributed by atoms with Crippen LogP contribution in [0.3, 0.4) is 0 Å². The summed E-state index contributed by atoms with van der Waals surface area (Å²) in [4.78, 5) is 37.9. The maximum atomic E-state index is 12.6. The molecule has 0 radical (unpaired) electrons. The molecule has 1 aliphatic heterocycles. The quantitative estimate of drug-likeness (QED) is 0.461. The second-order valence-corrected chi connectivity index (χ2v) is 7.80. The van der Waals surface area contributed by atoms with Crippen molar-refractivity contribution in [2.45, 2.75) is 26.4 Å². The number of imide groups is 1. The minimum absolute atomic E-state index is 0.0185. The van der Waals surface area contributed by atoms with Crippen molar-refractivity contribution in [1.29, 1.82) is 0 Å². The van der Waals surface area contributed by atoms with Gasteiger partial charge in [-0.3, -0.25) is 9.59 Å². The lowest BCUT2D eigenvalue weighted by molar-refractivity contribution is -0.127. The normalized spacial score (nSPS) is 15.7. The Morgan fingerprint density at radius 3 is 2.55 bits per heavy atom. The summed E-state index contributed by atoms with van der Waals surface area (Å²) >= 11 is 12.1. The van der Waals surface area contributed by atoms with Crippen molar-refractivity contribution in [2.24, 2.45) is 0 Å². The molecule has 0 spiro atoms. The van der Waals surface area contributed by atoms with Crippen molar-refractivity contribution in [3.8, 4) is 5.75 Å². The number of amides is 4. The second-order valence-electron chi connectivity index (χ2n) is 6.96. The van der Waals surface area contributed by atoms with Gasteiger partial charge in [0, 0.05) is 10.7 Å². The van der Waals surface area contributed by atoms with Gasteiger partial charge in [0.15, 0.2) is 0 Å². The van der Waals surface area contributed by atoms with Crippen LogP contribution in [0.15, 0.2) is 48.2 Å². The summed E-state index contributed by atoms with van der Waals surface area (Å²) in [6.07, 6.45) is 2.35. The molecule has 0 saturated carbocycles. The molecule has 31 heavy (non-hydrogen) atoms. The van der Waals surface area contributed by atoms with Crippen LogP contribution < -0.4 is 15.4 Å². The van der Waals surface area contributed by atoms with Gasteiger partial charge in [0.05, 0.1) is 11.1 Å². The number of hydrogen-bond acceptors (Lipinski definition) is 4. The molecule has 2 aromatic carbocycles. The summed E-state index contributed by atoms with van der Waals surface area (Å²) in [7, 11) is 0. The van der Waals surface area contributed by atoms with Gasteiger partial charge >= 0.3 is 6.03 Å². The summed E-state index contributed by atoms with van der Waals surface area (Å²) in [5.41, 5.74) is 1.17. The Hall–Kier alpha value is -3.03. The molecule has 0 aromatic heterocycles. The molecule has 1 heterocycles. The average molecular weight is 462 g/mol. The van der Waals surface area contributed by atoms with Crippen molar-refractivity contribution >= 4 is 52.8 Å². The molecule has 9 heteroatoms. The van der Waals surface area contributed by atoms with Gasteiger partial charge < -0.3 is 15.4 Å². The van der Waals surface area contributed by atoms with E-state index in [2.05, 4.69) is 10.6 Å². The van der Waals surface area contributed by atoms with Crippen LogP contribution in [-0.2, 0) is 9.59 Å². The Kier molecular flexibility index (Phi) is 7.20. The van der Waals surface area contributed by atoms with Gasteiger partial charge in [-0.15, -0.1) is 0 Å². The van der Waals surface area contributed by atoms with Gasteiger partial charge in [0.2, 0.25) is 5.91 Å². The third-order valence-corrected chi connectivity index (χ3v) is 5.11. The number of halogens is 2. The molecule has 0 aliphatic carbocycles. The van der Waals surface area contributed by atoms with Crippen LogP contribution in [0, 0.1) is 0 Å². The van der Waals surface area contributed by atoms with Crippen molar-refractivity contribution in [3.63, 3.8) is 0 Å². The van der Waals surface area contributed by atoms with Crippen LogP contribution in [-0.4, -0.2) is 35.4 Å². The molecule has 0 unspecified atom stereocenters. The maximum Gasteiger partial charge on any atom is 0.329 e. The Bertz CT molecular complexity index is 1040. The van der Waals surface area contributed by atoms with E-state index in [1.165, 1.54) is 6.08 Å². The first-order valence-corrected chi connectivity index (χ1v) is 10.4. The highest BCUT2D eigenvalue weighted by atomic mass is 35.5. The van der Waals surface area contributed by atoms with Crippen LogP contribution in [0.2, 0.25) is 10.0 Å². The first-order valence-electron chi connectivity index (χ1n) is 9.63. The molecule has 0 bridgehead atoms.